The van der Waals surface area contributed by atoms with Crippen molar-refractivity contribution in [3.05, 3.63) is 73.4 Å². The first-order valence-corrected chi connectivity index (χ1v) is 11.7. The Hall–Kier alpha value is -4.60. The quantitative estimate of drug-likeness (QED) is 0.300. The predicted octanol–water partition coefficient (Wildman–Crippen LogP) is 5.93. The Bertz CT molecular complexity index is 1600. The highest BCUT2D eigenvalue weighted by Crippen LogP contribution is 2.43. The molecular formula is C27H22F2N6O2. The number of H-pyrrole nitrogens is 1. The number of fused-ring (bicyclic) bond motifs is 1. The average molecular weight is 501 g/mol. The lowest BCUT2D eigenvalue weighted by Gasteiger charge is -2.33. The maximum Gasteiger partial charge on any atom is 0.249 e. The zero-order valence-corrected chi connectivity index (χ0v) is 19.8. The highest BCUT2D eigenvalue weighted by molar-refractivity contribution is 5.92. The Morgan fingerprint density at radius 1 is 1.08 bits per heavy atom. The average Bonchev–Trinajstić information content (AvgIpc) is 3.57. The van der Waals surface area contributed by atoms with Gasteiger partial charge in [-0.05, 0) is 35.2 Å². The summed E-state index contributed by atoms with van der Waals surface area (Å²) in [5.74, 6) is -1.96. The number of carbonyl (C=O) groups excluding carboxylic acids is 1. The number of aromatic nitrogens is 5. The van der Waals surface area contributed by atoms with Gasteiger partial charge in [0, 0.05) is 54.1 Å². The van der Waals surface area contributed by atoms with Crippen LogP contribution in [0.3, 0.4) is 0 Å². The van der Waals surface area contributed by atoms with Crippen molar-refractivity contribution in [1.82, 2.24) is 24.7 Å². The van der Waals surface area contributed by atoms with E-state index in [1.807, 2.05) is 42.6 Å². The Kier molecular flexibility index (Phi) is 5.44. The standard InChI is InChI=1S/C27H22F2N6O2/c1-37-23-9-16(21-12-31-32-13-21)4-5-22(23)33-24-6-7-30-25(34-24)17-2-3-18-14-35(15-19(18)8-17)26(36)20-10-27(28,29)11-20/h2-9,12-15,20H,10-11H2,1H3,(H,31,32)(H,30,33,34). The molecule has 10 heteroatoms. The third kappa shape index (κ3) is 4.42. The third-order valence-electron chi connectivity index (χ3n) is 6.55. The zero-order chi connectivity index (χ0) is 25.6. The van der Waals surface area contributed by atoms with Crippen molar-refractivity contribution in [3.63, 3.8) is 0 Å². The number of nitrogens with zero attached hydrogens (tertiary/aromatic N) is 4. The number of benzene rings is 2. The molecule has 0 unspecified atom stereocenters. The fourth-order valence-corrected chi connectivity index (χ4v) is 4.54. The summed E-state index contributed by atoms with van der Waals surface area (Å²) in [6.45, 7) is 0. The van der Waals surface area contributed by atoms with Crippen LogP contribution in [0.2, 0.25) is 0 Å². The van der Waals surface area contributed by atoms with Crippen molar-refractivity contribution >= 4 is 28.2 Å². The number of anilines is 2. The van der Waals surface area contributed by atoms with Crippen LogP contribution in [0.4, 0.5) is 20.3 Å². The lowest BCUT2D eigenvalue weighted by atomic mass is 9.81. The maximum atomic E-state index is 13.2. The molecular weight excluding hydrogens is 478 g/mol. The molecule has 0 aliphatic heterocycles. The lowest BCUT2D eigenvalue weighted by Crippen LogP contribution is -2.41. The number of halogens is 2. The van der Waals surface area contributed by atoms with E-state index in [-0.39, 0.29) is 5.91 Å². The highest BCUT2D eigenvalue weighted by Gasteiger charge is 2.49. The summed E-state index contributed by atoms with van der Waals surface area (Å²) in [7, 11) is 1.60. The summed E-state index contributed by atoms with van der Waals surface area (Å²) in [6.07, 6.45) is 7.78. The van der Waals surface area contributed by atoms with Crippen LogP contribution in [0.25, 0.3) is 33.3 Å². The van der Waals surface area contributed by atoms with Crippen LogP contribution in [-0.2, 0) is 0 Å². The monoisotopic (exact) mass is 500 g/mol. The summed E-state index contributed by atoms with van der Waals surface area (Å²) >= 11 is 0. The molecule has 5 aromatic rings. The summed E-state index contributed by atoms with van der Waals surface area (Å²) in [6, 6.07) is 13.2. The van der Waals surface area contributed by atoms with E-state index >= 15 is 0 Å². The summed E-state index contributed by atoms with van der Waals surface area (Å²) in [4.78, 5) is 21.6. The number of nitrogens with one attached hydrogen (secondary N) is 2. The molecule has 0 bridgehead atoms. The van der Waals surface area contributed by atoms with Gasteiger partial charge in [0.2, 0.25) is 11.8 Å². The minimum atomic E-state index is -2.73. The molecule has 3 aromatic heterocycles. The number of rotatable bonds is 6. The van der Waals surface area contributed by atoms with Crippen LogP contribution in [0, 0.1) is 5.92 Å². The molecule has 37 heavy (non-hydrogen) atoms. The first-order valence-electron chi connectivity index (χ1n) is 11.7. The first kappa shape index (κ1) is 22.8. The Labute approximate surface area is 210 Å². The topological polar surface area (TPSA) is 97.7 Å². The van der Waals surface area contributed by atoms with Crippen LogP contribution in [0.15, 0.2) is 73.4 Å². The molecule has 0 amide bonds. The van der Waals surface area contributed by atoms with E-state index in [1.165, 1.54) is 4.57 Å². The number of aromatic amines is 1. The number of hydrogen-bond acceptors (Lipinski definition) is 6. The second kappa shape index (κ2) is 8.81. The zero-order valence-electron chi connectivity index (χ0n) is 19.8. The van der Waals surface area contributed by atoms with Crippen LogP contribution >= 0.6 is 0 Å². The SMILES string of the molecule is COc1cc(-c2cn[nH]c2)ccc1Nc1ccnc(-c2ccc3cn(C(=O)C4CC(F)(F)C4)cc3c2)n1. The molecule has 1 saturated carbocycles. The molecule has 186 valence electrons. The van der Waals surface area contributed by atoms with Crippen LogP contribution in [-0.4, -0.2) is 43.7 Å². The van der Waals surface area contributed by atoms with E-state index < -0.39 is 24.7 Å². The fraction of sp³-hybridized carbons (Fsp3) is 0.185. The smallest absolute Gasteiger partial charge is 0.249 e. The molecule has 3 heterocycles. The van der Waals surface area contributed by atoms with Crippen molar-refractivity contribution in [1.29, 1.82) is 0 Å². The van der Waals surface area contributed by atoms with E-state index in [0.717, 1.165) is 33.2 Å². The molecule has 1 aliphatic carbocycles. The molecule has 6 rings (SSSR count). The van der Waals surface area contributed by atoms with E-state index in [4.69, 9.17) is 4.74 Å². The first-order chi connectivity index (χ1) is 17.9. The second-order valence-electron chi connectivity index (χ2n) is 9.10. The molecule has 2 aromatic carbocycles. The van der Waals surface area contributed by atoms with Crippen molar-refractivity contribution < 1.29 is 18.3 Å². The third-order valence-corrected chi connectivity index (χ3v) is 6.55. The minimum absolute atomic E-state index is 0.307. The predicted molar refractivity (Wildman–Crippen MR) is 135 cm³/mol. The number of hydrogen-bond donors (Lipinski definition) is 2. The van der Waals surface area contributed by atoms with Crippen molar-refractivity contribution in [3.8, 4) is 28.3 Å². The summed E-state index contributed by atoms with van der Waals surface area (Å²) in [5.41, 5.74) is 3.42. The van der Waals surface area contributed by atoms with Gasteiger partial charge in [-0.2, -0.15) is 5.10 Å². The van der Waals surface area contributed by atoms with Crippen LogP contribution in [0.5, 0.6) is 5.75 Å². The minimum Gasteiger partial charge on any atom is -0.495 e. The van der Waals surface area contributed by atoms with Gasteiger partial charge in [-0.25, -0.2) is 18.7 Å². The van der Waals surface area contributed by atoms with Gasteiger partial charge < -0.3 is 10.1 Å². The molecule has 0 saturated heterocycles. The molecule has 1 fully saturated rings. The number of carbonyl (C=O) groups is 1. The van der Waals surface area contributed by atoms with Gasteiger partial charge in [-0.15, -0.1) is 0 Å². The summed E-state index contributed by atoms with van der Waals surface area (Å²) < 4.78 is 33.4. The van der Waals surface area contributed by atoms with Gasteiger partial charge in [-0.3, -0.25) is 14.5 Å². The van der Waals surface area contributed by atoms with Gasteiger partial charge in [0.15, 0.2) is 5.82 Å². The maximum absolute atomic E-state index is 13.2. The van der Waals surface area contributed by atoms with Gasteiger partial charge in [-0.1, -0.05) is 18.2 Å². The van der Waals surface area contributed by atoms with Crippen molar-refractivity contribution in [2.45, 2.75) is 18.8 Å². The second-order valence-corrected chi connectivity index (χ2v) is 9.10. The summed E-state index contributed by atoms with van der Waals surface area (Å²) in [5, 5.41) is 11.7. The highest BCUT2D eigenvalue weighted by atomic mass is 19.3. The fourth-order valence-electron chi connectivity index (χ4n) is 4.54. The largest absolute Gasteiger partial charge is 0.495 e. The Balaban J connectivity index is 1.24. The molecule has 0 spiro atoms. The van der Waals surface area contributed by atoms with Crippen molar-refractivity contribution in [2.24, 2.45) is 5.92 Å². The van der Waals surface area contributed by atoms with E-state index in [2.05, 4.69) is 25.5 Å². The number of methoxy groups -OCH3 is 1. The molecule has 0 radical (unpaired) electrons. The van der Waals surface area contributed by atoms with Gasteiger partial charge in [0.25, 0.3) is 0 Å². The van der Waals surface area contributed by atoms with Crippen LogP contribution < -0.4 is 10.1 Å². The Morgan fingerprint density at radius 2 is 1.89 bits per heavy atom. The van der Waals surface area contributed by atoms with E-state index in [0.29, 0.717) is 17.4 Å². The molecule has 2 N–H and O–H groups in total. The van der Waals surface area contributed by atoms with Gasteiger partial charge >= 0.3 is 0 Å². The lowest BCUT2D eigenvalue weighted by molar-refractivity contribution is -0.0999. The molecule has 0 atom stereocenters. The van der Waals surface area contributed by atoms with Gasteiger partial charge in [0.05, 0.1) is 24.9 Å². The number of alkyl halides is 2. The molecule has 8 nitrogen and oxygen atoms in total. The van der Waals surface area contributed by atoms with Crippen LogP contribution in [0.1, 0.15) is 17.6 Å². The molecule has 1 aliphatic rings. The van der Waals surface area contributed by atoms with E-state index in [9.17, 15) is 13.6 Å². The normalized spacial score (nSPS) is 14.9. The van der Waals surface area contributed by atoms with Gasteiger partial charge in [0.1, 0.15) is 11.6 Å². The van der Waals surface area contributed by atoms with E-state index in [1.54, 1.807) is 38.0 Å². The van der Waals surface area contributed by atoms with Crippen molar-refractivity contribution in [2.75, 3.05) is 12.4 Å². The Morgan fingerprint density at radius 3 is 2.65 bits per heavy atom. The number of ether oxygens (including phenoxy) is 1.